The molecule has 1 amide bonds. The second kappa shape index (κ2) is 7.15. The predicted molar refractivity (Wildman–Crippen MR) is 87.1 cm³/mol. The van der Waals surface area contributed by atoms with Crippen LogP contribution in [0.25, 0.3) is 0 Å². The van der Waals surface area contributed by atoms with E-state index in [2.05, 4.69) is 10.4 Å². The van der Waals surface area contributed by atoms with Gasteiger partial charge in [-0.3, -0.25) is 14.3 Å². The van der Waals surface area contributed by atoms with Crippen molar-refractivity contribution in [2.45, 2.75) is 58.9 Å². The molecule has 23 heavy (non-hydrogen) atoms. The first kappa shape index (κ1) is 17.5. The third kappa shape index (κ3) is 4.12. The first-order chi connectivity index (χ1) is 10.8. The Morgan fingerprint density at radius 3 is 2.39 bits per heavy atom. The first-order valence-corrected chi connectivity index (χ1v) is 8.31. The highest BCUT2D eigenvalue weighted by atomic mass is 16.4. The fourth-order valence-electron chi connectivity index (χ4n) is 3.34. The van der Waals surface area contributed by atoms with Crippen molar-refractivity contribution in [3.63, 3.8) is 0 Å². The lowest BCUT2D eigenvalue weighted by molar-refractivity contribution is -0.142. The van der Waals surface area contributed by atoms with Gasteiger partial charge < -0.3 is 10.4 Å². The van der Waals surface area contributed by atoms with E-state index in [1.165, 1.54) is 0 Å². The molecule has 1 aliphatic rings. The molecule has 1 aliphatic carbocycles. The van der Waals surface area contributed by atoms with Crippen molar-refractivity contribution in [2.75, 3.05) is 0 Å². The number of carboxylic acid groups (broad SMARTS) is 1. The third-order valence-electron chi connectivity index (χ3n) is 5.04. The standard InChI is InChI=1S/C17H27N3O3/c1-10(9-15-11(2)19-20(4)12(15)3)16(21)18-14-7-5-13(6-8-14)17(22)23/h10,13-14H,5-9H2,1-4H3,(H,18,21)(H,22,23). The van der Waals surface area contributed by atoms with Crippen molar-refractivity contribution in [3.05, 3.63) is 17.0 Å². The summed E-state index contributed by atoms with van der Waals surface area (Å²) in [6.07, 6.45) is 3.48. The number of hydrogen-bond donors (Lipinski definition) is 2. The van der Waals surface area contributed by atoms with E-state index >= 15 is 0 Å². The van der Waals surface area contributed by atoms with Gasteiger partial charge in [-0.25, -0.2) is 0 Å². The molecule has 1 saturated carbocycles. The van der Waals surface area contributed by atoms with Gasteiger partial charge in [0.15, 0.2) is 0 Å². The molecule has 0 bridgehead atoms. The zero-order valence-electron chi connectivity index (χ0n) is 14.4. The molecule has 1 unspecified atom stereocenters. The summed E-state index contributed by atoms with van der Waals surface area (Å²) < 4.78 is 1.85. The van der Waals surface area contributed by atoms with E-state index in [0.29, 0.717) is 19.3 Å². The van der Waals surface area contributed by atoms with Crippen LogP contribution in [0.2, 0.25) is 0 Å². The number of carbonyl (C=O) groups excluding carboxylic acids is 1. The molecule has 0 saturated heterocycles. The SMILES string of the molecule is Cc1nn(C)c(C)c1CC(C)C(=O)NC1CCC(C(=O)O)CC1. The number of aryl methyl sites for hydroxylation is 2. The van der Waals surface area contributed by atoms with Crippen LogP contribution in [-0.2, 0) is 23.1 Å². The number of aromatic nitrogens is 2. The van der Waals surface area contributed by atoms with Crippen LogP contribution >= 0.6 is 0 Å². The number of aliphatic carboxylic acids is 1. The number of nitrogens with one attached hydrogen (secondary N) is 1. The first-order valence-electron chi connectivity index (χ1n) is 8.31. The fourth-order valence-corrected chi connectivity index (χ4v) is 3.34. The Kier molecular flexibility index (Phi) is 5.44. The summed E-state index contributed by atoms with van der Waals surface area (Å²) in [5, 5.41) is 16.5. The van der Waals surface area contributed by atoms with Gasteiger partial charge in [0.05, 0.1) is 11.6 Å². The third-order valence-corrected chi connectivity index (χ3v) is 5.04. The molecule has 6 heteroatoms. The lowest BCUT2D eigenvalue weighted by atomic mass is 9.86. The van der Waals surface area contributed by atoms with Crippen LogP contribution in [-0.4, -0.2) is 32.8 Å². The summed E-state index contributed by atoms with van der Waals surface area (Å²) in [6, 6.07) is 0.108. The van der Waals surface area contributed by atoms with Crippen molar-refractivity contribution in [1.29, 1.82) is 0 Å². The number of carboxylic acids is 1. The number of nitrogens with zero attached hydrogens (tertiary/aromatic N) is 2. The van der Waals surface area contributed by atoms with Crippen LogP contribution in [0.5, 0.6) is 0 Å². The van der Waals surface area contributed by atoms with Crippen molar-refractivity contribution in [3.8, 4) is 0 Å². The second-order valence-electron chi connectivity index (χ2n) is 6.77. The average molecular weight is 321 g/mol. The maximum Gasteiger partial charge on any atom is 0.306 e. The number of rotatable bonds is 5. The summed E-state index contributed by atoms with van der Waals surface area (Å²) in [6.45, 7) is 5.93. The Labute approximate surface area is 137 Å². The largest absolute Gasteiger partial charge is 0.481 e. The minimum absolute atomic E-state index is 0.0476. The van der Waals surface area contributed by atoms with Crippen LogP contribution in [0.4, 0.5) is 0 Å². The normalized spacial score (nSPS) is 22.6. The average Bonchev–Trinajstić information content (AvgIpc) is 2.74. The molecular weight excluding hydrogens is 294 g/mol. The molecule has 0 radical (unpaired) electrons. The van der Waals surface area contributed by atoms with Gasteiger partial charge in [-0.15, -0.1) is 0 Å². The maximum absolute atomic E-state index is 12.4. The molecule has 1 atom stereocenters. The second-order valence-corrected chi connectivity index (χ2v) is 6.77. The number of hydrogen-bond acceptors (Lipinski definition) is 3. The van der Waals surface area contributed by atoms with Gasteiger partial charge in [0, 0.05) is 24.7 Å². The Balaban J connectivity index is 1.87. The van der Waals surface area contributed by atoms with Crippen LogP contribution in [0, 0.1) is 25.7 Å². The van der Waals surface area contributed by atoms with Gasteiger partial charge in [0.2, 0.25) is 5.91 Å². The summed E-state index contributed by atoms with van der Waals surface area (Å²) >= 11 is 0. The fraction of sp³-hybridized carbons (Fsp3) is 0.706. The minimum Gasteiger partial charge on any atom is -0.481 e. The highest BCUT2D eigenvalue weighted by molar-refractivity contribution is 5.79. The topological polar surface area (TPSA) is 84.2 Å². The zero-order valence-corrected chi connectivity index (χ0v) is 14.4. The van der Waals surface area contributed by atoms with Crippen LogP contribution < -0.4 is 5.32 Å². The quantitative estimate of drug-likeness (QED) is 0.868. The highest BCUT2D eigenvalue weighted by Gasteiger charge is 2.28. The van der Waals surface area contributed by atoms with Crippen molar-refractivity contribution < 1.29 is 14.7 Å². The van der Waals surface area contributed by atoms with E-state index < -0.39 is 5.97 Å². The van der Waals surface area contributed by atoms with Crippen molar-refractivity contribution in [1.82, 2.24) is 15.1 Å². The smallest absolute Gasteiger partial charge is 0.306 e. The predicted octanol–water partition coefficient (Wildman–Crippen LogP) is 1.98. The van der Waals surface area contributed by atoms with Crippen LogP contribution in [0.3, 0.4) is 0 Å². The zero-order chi connectivity index (χ0) is 17.1. The summed E-state index contributed by atoms with van der Waals surface area (Å²) in [7, 11) is 1.91. The Morgan fingerprint density at radius 1 is 1.30 bits per heavy atom. The van der Waals surface area contributed by atoms with E-state index in [9.17, 15) is 9.59 Å². The molecule has 2 rings (SSSR count). The van der Waals surface area contributed by atoms with E-state index in [-0.39, 0.29) is 23.8 Å². The molecular formula is C17H27N3O3. The van der Waals surface area contributed by atoms with Gasteiger partial charge in [0.1, 0.15) is 0 Å². The summed E-state index contributed by atoms with van der Waals surface area (Å²) in [4.78, 5) is 23.4. The molecule has 0 spiro atoms. The molecule has 0 aliphatic heterocycles. The molecule has 128 valence electrons. The minimum atomic E-state index is -0.717. The van der Waals surface area contributed by atoms with Crippen molar-refractivity contribution in [2.24, 2.45) is 18.9 Å². The van der Waals surface area contributed by atoms with Crippen LogP contribution in [0.1, 0.15) is 49.6 Å². The van der Waals surface area contributed by atoms with E-state index in [1.54, 1.807) is 0 Å². The lowest BCUT2D eigenvalue weighted by Gasteiger charge is -2.27. The van der Waals surface area contributed by atoms with E-state index in [1.807, 2.05) is 32.5 Å². The van der Waals surface area contributed by atoms with Gasteiger partial charge in [-0.1, -0.05) is 6.92 Å². The molecule has 1 aromatic heterocycles. The molecule has 1 heterocycles. The van der Waals surface area contributed by atoms with Gasteiger partial charge in [0.25, 0.3) is 0 Å². The lowest BCUT2D eigenvalue weighted by Crippen LogP contribution is -2.41. The summed E-state index contributed by atoms with van der Waals surface area (Å²) in [5.74, 6) is -1.04. The highest BCUT2D eigenvalue weighted by Crippen LogP contribution is 2.25. The molecule has 1 aromatic rings. The Bertz CT molecular complexity index is 586. The van der Waals surface area contributed by atoms with Gasteiger partial charge in [-0.2, -0.15) is 5.10 Å². The number of amides is 1. The Morgan fingerprint density at radius 2 is 1.91 bits per heavy atom. The van der Waals surface area contributed by atoms with Gasteiger partial charge in [-0.05, 0) is 51.5 Å². The maximum atomic E-state index is 12.4. The van der Waals surface area contributed by atoms with Crippen molar-refractivity contribution >= 4 is 11.9 Å². The van der Waals surface area contributed by atoms with E-state index in [4.69, 9.17) is 5.11 Å². The molecule has 6 nitrogen and oxygen atoms in total. The van der Waals surface area contributed by atoms with Gasteiger partial charge >= 0.3 is 5.97 Å². The monoisotopic (exact) mass is 321 g/mol. The summed E-state index contributed by atoms with van der Waals surface area (Å²) in [5.41, 5.74) is 3.22. The molecule has 1 fully saturated rings. The van der Waals surface area contributed by atoms with Crippen LogP contribution in [0.15, 0.2) is 0 Å². The number of carbonyl (C=O) groups is 2. The molecule has 2 N–H and O–H groups in total. The Hall–Kier alpha value is -1.85. The molecule has 0 aromatic carbocycles. The van der Waals surface area contributed by atoms with E-state index in [0.717, 1.165) is 29.8 Å².